The Hall–Kier alpha value is -7.27. The number of Topliss-reactive ketones (excluding diaryl/α,β-unsaturated/α-hetero) is 3. The Morgan fingerprint density at radius 3 is 1.38 bits per heavy atom. The van der Waals surface area contributed by atoms with Crippen LogP contribution in [0.3, 0.4) is 0 Å². The lowest BCUT2D eigenvalue weighted by molar-refractivity contribution is -0.139. The van der Waals surface area contributed by atoms with Gasteiger partial charge in [-0.15, -0.1) is 0 Å². The van der Waals surface area contributed by atoms with Gasteiger partial charge in [0.15, 0.2) is 23.9 Å². The number of esters is 1. The van der Waals surface area contributed by atoms with Crippen molar-refractivity contribution in [2.75, 3.05) is 24.3 Å². The average Bonchev–Trinajstić information content (AvgIpc) is 3.75. The molecule has 1 aromatic heterocycles. The van der Waals surface area contributed by atoms with Crippen molar-refractivity contribution in [3.05, 3.63) is 193 Å². The molecule has 0 aliphatic carbocycles. The minimum Gasteiger partial charge on any atom is -0.457 e. The number of rotatable bonds is 8. The fourth-order valence-electron chi connectivity index (χ4n) is 6.66. The summed E-state index contributed by atoms with van der Waals surface area (Å²) in [4.78, 5) is 49.4. The second-order valence-electron chi connectivity index (χ2n) is 13.5. The zero-order valence-corrected chi connectivity index (χ0v) is 34.7. The molecule has 0 aliphatic rings. The smallest absolute Gasteiger partial charge is 0.303 e. The van der Waals surface area contributed by atoms with Gasteiger partial charge in [0.2, 0.25) is 5.78 Å². The molecule has 0 aliphatic heterocycles. The second-order valence-corrected chi connectivity index (χ2v) is 14.1. The number of alkyl halides is 1. The number of fused-ring (bicyclic) bond motifs is 4. The SMILES string of the molecule is CC(=O)OCC(=O)c1cccc2ccccc12.Nc1ncc(-c2cccc3ccccc23)o1.O=C(CBr)c1cccc2ccccc12.O=C(CO)c1cccc2ccccc12. The van der Waals surface area contributed by atoms with Crippen molar-refractivity contribution in [2.45, 2.75) is 6.92 Å². The van der Waals surface area contributed by atoms with Crippen molar-refractivity contribution in [2.24, 2.45) is 0 Å². The van der Waals surface area contributed by atoms with Gasteiger partial charge in [0, 0.05) is 29.2 Å². The first-order valence-electron chi connectivity index (χ1n) is 19.2. The summed E-state index contributed by atoms with van der Waals surface area (Å²) in [7, 11) is 0. The highest BCUT2D eigenvalue weighted by atomic mass is 79.9. The number of ether oxygens (including phenoxy) is 1. The number of hydrogen-bond acceptors (Lipinski definition) is 9. The van der Waals surface area contributed by atoms with Crippen LogP contribution in [0.4, 0.5) is 6.01 Å². The monoisotopic (exact) mass is 872 g/mol. The largest absolute Gasteiger partial charge is 0.457 e. The van der Waals surface area contributed by atoms with E-state index in [9.17, 15) is 19.2 Å². The Morgan fingerprint density at radius 2 is 0.951 bits per heavy atom. The third-order valence-corrected chi connectivity index (χ3v) is 10.0. The van der Waals surface area contributed by atoms with Gasteiger partial charge in [0.25, 0.3) is 6.01 Å². The maximum atomic E-state index is 11.9. The number of aliphatic hydroxyl groups excluding tert-OH is 1. The number of aromatic nitrogens is 1. The first-order chi connectivity index (χ1) is 29.7. The van der Waals surface area contributed by atoms with Crippen LogP contribution in [0.5, 0.6) is 0 Å². The van der Waals surface area contributed by atoms with Gasteiger partial charge in [0.05, 0.1) is 11.5 Å². The van der Waals surface area contributed by atoms with E-state index in [4.69, 9.17) is 20.0 Å². The van der Waals surface area contributed by atoms with E-state index in [0.717, 1.165) is 48.8 Å². The minimum atomic E-state index is -0.446. The van der Waals surface area contributed by atoms with E-state index in [-0.39, 0.29) is 30.0 Å². The van der Waals surface area contributed by atoms with Crippen LogP contribution in [0.1, 0.15) is 38.0 Å². The van der Waals surface area contributed by atoms with Crippen molar-refractivity contribution in [1.82, 2.24) is 4.98 Å². The van der Waals surface area contributed by atoms with Gasteiger partial charge in [-0.3, -0.25) is 19.2 Å². The van der Waals surface area contributed by atoms with Crippen LogP contribution >= 0.6 is 15.9 Å². The van der Waals surface area contributed by atoms with Crippen molar-refractivity contribution in [3.63, 3.8) is 0 Å². The third kappa shape index (κ3) is 11.1. The maximum Gasteiger partial charge on any atom is 0.303 e. The van der Waals surface area contributed by atoms with E-state index in [0.29, 0.717) is 22.2 Å². The highest BCUT2D eigenvalue weighted by Gasteiger charge is 2.12. The number of carbonyl (C=O) groups is 4. The van der Waals surface area contributed by atoms with Gasteiger partial charge < -0.3 is 20.0 Å². The van der Waals surface area contributed by atoms with E-state index in [1.165, 1.54) is 12.3 Å². The summed E-state index contributed by atoms with van der Waals surface area (Å²) in [6, 6.07) is 54.4. The average molecular weight is 874 g/mol. The lowest BCUT2D eigenvalue weighted by Gasteiger charge is -2.05. The quantitative estimate of drug-likeness (QED) is 0.0864. The van der Waals surface area contributed by atoms with Gasteiger partial charge in [0.1, 0.15) is 6.61 Å². The summed E-state index contributed by atoms with van der Waals surface area (Å²) in [6.07, 6.45) is 1.65. The topological polar surface area (TPSA) is 150 Å². The van der Waals surface area contributed by atoms with Crippen LogP contribution < -0.4 is 5.73 Å². The Morgan fingerprint density at radius 1 is 0.557 bits per heavy atom. The molecule has 0 bridgehead atoms. The molecule has 0 fully saturated rings. The number of nitrogens with zero attached hydrogens (tertiary/aromatic N) is 1. The fourth-order valence-corrected chi connectivity index (χ4v) is 6.96. The number of oxazole rings is 1. The molecule has 0 saturated heterocycles. The van der Waals surface area contributed by atoms with Gasteiger partial charge in [-0.05, 0) is 43.1 Å². The van der Waals surface area contributed by atoms with Crippen LogP contribution in [-0.4, -0.2) is 52.0 Å². The predicted octanol–water partition coefficient (Wildman–Crippen LogP) is 11.1. The lowest BCUT2D eigenvalue weighted by Crippen LogP contribution is -2.12. The van der Waals surface area contributed by atoms with E-state index < -0.39 is 12.6 Å². The summed E-state index contributed by atoms with van der Waals surface area (Å²) >= 11 is 3.19. The van der Waals surface area contributed by atoms with Gasteiger partial charge in [-0.2, -0.15) is 0 Å². The Labute approximate surface area is 360 Å². The number of ketones is 3. The molecule has 1 heterocycles. The second kappa shape index (κ2) is 21.1. The first kappa shape index (κ1) is 43.3. The van der Waals surface area contributed by atoms with E-state index in [1.54, 1.807) is 18.3 Å². The number of nitrogen functional groups attached to an aromatic ring is 1. The molecule has 0 radical (unpaired) electrons. The maximum absolute atomic E-state index is 11.9. The molecule has 0 atom stereocenters. The number of halogens is 1. The standard InChI is InChI=1S/C14H12O3.C13H10N2O.C12H9BrO.C12H10O2/c1-10(15)17-9-14(16)13-8-4-6-11-5-2-3-7-12(11)13;14-13-15-8-12(16-13)11-7-3-5-9-4-1-2-6-10(9)11;2*13-8-12(14)11-7-3-5-9-4-1-2-6-10(9)11/h2-8H,9H2,1H3;1-8H,(H2,14,15);1-7H,8H2;1-7,13H,8H2. The number of nitrogens with two attached hydrogens (primary N) is 1. The first-order valence-corrected chi connectivity index (χ1v) is 20.3. The molecule has 0 saturated carbocycles. The number of hydrogen-bond donors (Lipinski definition) is 2. The summed E-state index contributed by atoms with van der Waals surface area (Å²) < 4.78 is 10.1. The van der Waals surface area contributed by atoms with Crippen LogP contribution in [0.15, 0.2) is 180 Å². The Bertz CT molecular complexity index is 2860. The van der Waals surface area contributed by atoms with Gasteiger partial charge in [-0.25, -0.2) is 4.98 Å². The molecule has 10 heteroatoms. The van der Waals surface area contributed by atoms with Crippen molar-refractivity contribution in [3.8, 4) is 11.3 Å². The van der Waals surface area contributed by atoms with Crippen LogP contribution in [0.2, 0.25) is 0 Å². The summed E-state index contributed by atoms with van der Waals surface area (Å²) in [5.41, 5.74) is 8.47. The molecule has 9 nitrogen and oxygen atoms in total. The lowest BCUT2D eigenvalue weighted by atomic mass is 10.0. The minimum absolute atomic E-state index is 0.127. The normalized spacial score (nSPS) is 10.4. The van der Waals surface area contributed by atoms with E-state index >= 15 is 0 Å². The Balaban J connectivity index is 0.000000136. The van der Waals surface area contributed by atoms with Crippen molar-refractivity contribution < 1.29 is 33.4 Å². The van der Waals surface area contributed by atoms with Gasteiger partial charge >= 0.3 is 5.97 Å². The zero-order valence-electron chi connectivity index (χ0n) is 33.2. The van der Waals surface area contributed by atoms with E-state index in [1.807, 2.05) is 140 Å². The van der Waals surface area contributed by atoms with Crippen LogP contribution in [0, 0.1) is 0 Å². The van der Waals surface area contributed by atoms with Crippen molar-refractivity contribution in [1.29, 1.82) is 0 Å². The summed E-state index contributed by atoms with van der Waals surface area (Å²) in [6.45, 7) is 0.647. The van der Waals surface area contributed by atoms with Crippen molar-refractivity contribution >= 4 is 88.4 Å². The molecule has 61 heavy (non-hydrogen) atoms. The predicted molar refractivity (Wildman–Crippen MR) is 246 cm³/mol. The van der Waals surface area contributed by atoms with Gasteiger partial charge in [-0.1, -0.05) is 186 Å². The Kier molecular flexibility index (Phi) is 15.0. The summed E-state index contributed by atoms with van der Waals surface area (Å²) in [5.74, 6) is -0.0338. The fraction of sp³-hybridized carbons (Fsp3) is 0.0784. The number of aliphatic hydroxyl groups is 1. The molecule has 304 valence electrons. The molecular weight excluding hydrogens is 832 g/mol. The van der Waals surface area contributed by atoms with E-state index in [2.05, 4.69) is 39.1 Å². The molecule has 9 rings (SSSR count). The molecule has 0 spiro atoms. The number of carbonyl (C=O) groups excluding carboxylic acids is 4. The highest BCUT2D eigenvalue weighted by molar-refractivity contribution is 9.09. The molecule has 8 aromatic carbocycles. The molecule has 9 aromatic rings. The number of anilines is 1. The summed E-state index contributed by atoms with van der Waals surface area (Å²) in [5, 5.41) is 17.4. The molecular formula is C51H41BrN2O7. The molecule has 0 amide bonds. The highest BCUT2D eigenvalue weighted by Crippen LogP contribution is 2.29. The number of benzene rings is 8. The third-order valence-electron chi connectivity index (χ3n) is 9.52. The van der Waals surface area contributed by atoms with Crippen LogP contribution in [0.25, 0.3) is 54.4 Å². The zero-order chi connectivity index (χ0) is 43.1. The molecule has 0 unspecified atom stereocenters. The molecule has 3 N–H and O–H groups in total. The van der Waals surface area contributed by atoms with Crippen LogP contribution in [-0.2, 0) is 9.53 Å².